The number of ketones is 1. The van der Waals surface area contributed by atoms with E-state index in [0.717, 1.165) is 23.9 Å². The van der Waals surface area contributed by atoms with E-state index in [0.29, 0.717) is 12.2 Å². The molecule has 1 aliphatic carbocycles. The second-order valence-corrected chi connectivity index (χ2v) is 6.67. The van der Waals surface area contributed by atoms with Gasteiger partial charge in [0.25, 0.3) is 0 Å². The van der Waals surface area contributed by atoms with Crippen molar-refractivity contribution in [1.82, 2.24) is 4.90 Å². The van der Waals surface area contributed by atoms with Gasteiger partial charge in [-0.25, -0.2) is 0 Å². The van der Waals surface area contributed by atoms with Crippen LogP contribution in [0.4, 0.5) is 0 Å². The summed E-state index contributed by atoms with van der Waals surface area (Å²) < 4.78 is 0. The van der Waals surface area contributed by atoms with Gasteiger partial charge in [-0.15, -0.1) is 0 Å². The largest absolute Gasteiger partial charge is 0.303 e. The molecule has 0 N–H and O–H groups in total. The molecular weight excluding hydrogens is 246 g/mol. The Hall–Kier alpha value is -1.15. The van der Waals surface area contributed by atoms with Crippen LogP contribution in [0.2, 0.25) is 0 Å². The van der Waals surface area contributed by atoms with Crippen molar-refractivity contribution in [3.8, 4) is 0 Å². The first-order chi connectivity index (χ1) is 9.70. The van der Waals surface area contributed by atoms with Crippen LogP contribution in [0.5, 0.6) is 0 Å². The minimum absolute atomic E-state index is 0.291. The van der Waals surface area contributed by atoms with Gasteiger partial charge in [0.05, 0.1) is 0 Å². The zero-order valence-corrected chi connectivity index (χ0v) is 12.5. The second-order valence-electron chi connectivity index (χ2n) is 6.67. The molecule has 20 heavy (non-hydrogen) atoms. The van der Waals surface area contributed by atoms with Gasteiger partial charge < -0.3 is 4.90 Å². The molecule has 2 atom stereocenters. The molecule has 1 saturated heterocycles. The molecule has 0 radical (unpaired) electrons. The number of benzene rings is 1. The number of Topliss-reactive ketones (excluding diaryl/α,β-unsaturated/α-hetero) is 1. The van der Waals surface area contributed by atoms with Crippen molar-refractivity contribution in [1.29, 1.82) is 0 Å². The summed E-state index contributed by atoms with van der Waals surface area (Å²) in [7, 11) is 0. The monoisotopic (exact) mass is 271 g/mol. The molecule has 2 heteroatoms. The van der Waals surface area contributed by atoms with Gasteiger partial charge >= 0.3 is 0 Å². The predicted octanol–water partition coefficient (Wildman–Crippen LogP) is 3.69. The van der Waals surface area contributed by atoms with Gasteiger partial charge in [0.1, 0.15) is 0 Å². The fraction of sp³-hybridized carbons (Fsp3) is 0.611. The molecule has 3 rings (SSSR count). The van der Waals surface area contributed by atoms with Crippen LogP contribution in [0.3, 0.4) is 0 Å². The topological polar surface area (TPSA) is 20.3 Å². The molecule has 108 valence electrons. The number of carbonyl (C=O) groups excluding carboxylic acids is 1. The number of nitrogens with zero attached hydrogens (tertiary/aromatic N) is 1. The molecule has 2 unspecified atom stereocenters. The van der Waals surface area contributed by atoms with Crippen LogP contribution in [-0.2, 0) is 0 Å². The van der Waals surface area contributed by atoms with Crippen molar-refractivity contribution in [2.75, 3.05) is 19.6 Å². The molecule has 1 aromatic carbocycles. The lowest BCUT2D eigenvalue weighted by Gasteiger charge is -2.24. The molecule has 0 spiro atoms. The van der Waals surface area contributed by atoms with E-state index in [1.165, 1.54) is 44.3 Å². The SMILES string of the molecule is Cc1ccc(C(=O)CCN2CCC3CCC(C3)C2)cc1. The van der Waals surface area contributed by atoms with Gasteiger partial charge in [-0.1, -0.05) is 36.2 Å². The van der Waals surface area contributed by atoms with E-state index in [1.807, 2.05) is 24.3 Å². The Labute approximate surface area is 122 Å². The van der Waals surface area contributed by atoms with Crippen molar-refractivity contribution in [3.63, 3.8) is 0 Å². The normalized spacial score (nSPS) is 26.4. The Kier molecular flexibility index (Phi) is 4.21. The van der Waals surface area contributed by atoms with E-state index < -0.39 is 0 Å². The highest BCUT2D eigenvalue weighted by Crippen LogP contribution is 2.36. The highest BCUT2D eigenvalue weighted by atomic mass is 16.1. The van der Waals surface area contributed by atoms with E-state index in [4.69, 9.17) is 0 Å². The van der Waals surface area contributed by atoms with Gasteiger partial charge in [-0.05, 0) is 44.6 Å². The van der Waals surface area contributed by atoms with Gasteiger partial charge in [0, 0.05) is 25.1 Å². The summed E-state index contributed by atoms with van der Waals surface area (Å²) >= 11 is 0. The van der Waals surface area contributed by atoms with Gasteiger partial charge in [0.15, 0.2) is 5.78 Å². The minimum atomic E-state index is 0.291. The second kappa shape index (κ2) is 6.09. The lowest BCUT2D eigenvalue weighted by molar-refractivity contribution is 0.0960. The van der Waals surface area contributed by atoms with Crippen LogP contribution in [0.1, 0.15) is 48.0 Å². The van der Waals surface area contributed by atoms with Gasteiger partial charge in [-0.2, -0.15) is 0 Å². The lowest BCUT2D eigenvalue weighted by atomic mass is 10.0. The summed E-state index contributed by atoms with van der Waals surface area (Å²) in [5.41, 5.74) is 2.08. The van der Waals surface area contributed by atoms with Crippen molar-refractivity contribution in [2.45, 2.75) is 39.0 Å². The quantitative estimate of drug-likeness (QED) is 0.778. The Morgan fingerprint density at radius 1 is 1.15 bits per heavy atom. The van der Waals surface area contributed by atoms with Gasteiger partial charge in [0.2, 0.25) is 0 Å². The standard InChI is InChI=1S/C18H25NO/c1-14-2-6-17(7-3-14)18(20)9-11-19-10-8-15-4-5-16(12-15)13-19/h2-3,6-7,15-16H,4-5,8-13H2,1H3. The highest BCUT2D eigenvalue weighted by Gasteiger charge is 2.29. The fourth-order valence-corrected chi connectivity index (χ4v) is 3.77. The Morgan fingerprint density at radius 3 is 2.70 bits per heavy atom. The number of hydrogen-bond acceptors (Lipinski definition) is 2. The Morgan fingerprint density at radius 2 is 1.90 bits per heavy atom. The molecule has 1 aliphatic heterocycles. The molecule has 1 heterocycles. The number of likely N-dealkylation sites (tertiary alicyclic amines) is 1. The summed E-state index contributed by atoms with van der Waals surface area (Å²) in [5.74, 6) is 2.16. The Balaban J connectivity index is 1.51. The lowest BCUT2D eigenvalue weighted by Crippen LogP contribution is -2.31. The average Bonchev–Trinajstić information content (AvgIpc) is 2.78. The summed E-state index contributed by atoms with van der Waals surface area (Å²) in [4.78, 5) is 14.7. The summed E-state index contributed by atoms with van der Waals surface area (Å²) in [6, 6.07) is 7.97. The predicted molar refractivity (Wildman–Crippen MR) is 82.0 cm³/mol. The van der Waals surface area contributed by atoms with Crippen LogP contribution in [0, 0.1) is 18.8 Å². The first-order valence-corrected chi connectivity index (χ1v) is 8.03. The van der Waals surface area contributed by atoms with Crippen LogP contribution in [0.15, 0.2) is 24.3 Å². The van der Waals surface area contributed by atoms with Crippen molar-refractivity contribution in [2.24, 2.45) is 11.8 Å². The third-order valence-corrected chi connectivity index (χ3v) is 5.05. The third kappa shape index (κ3) is 3.29. The third-order valence-electron chi connectivity index (χ3n) is 5.05. The summed E-state index contributed by atoms with van der Waals surface area (Å²) in [6.45, 7) is 5.41. The van der Waals surface area contributed by atoms with Crippen LogP contribution in [0.25, 0.3) is 0 Å². The van der Waals surface area contributed by atoms with Gasteiger partial charge in [-0.3, -0.25) is 4.79 Å². The van der Waals surface area contributed by atoms with Crippen LogP contribution >= 0.6 is 0 Å². The first kappa shape index (κ1) is 13.8. The minimum Gasteiger partial charge on any atom is -0.303 e. The number of fused-ring (bicyclic) bond motifs is 2. The molecule has 2 fully saturated rings. The van der Waals surface area contributed by atoms with E-state index in [2.05, 4.69) is 11.8 Å². The van der Waals surface area contributed by atoms with Crippen molar-refractivity contribution >= 4 is 5.78 Å². The van der Waals surface area contributed by atoms with Crippen molar-refractivity contribution in [3.05, 3.63) is 35.4 Å². The van der Waals surface area contributed by atoms with Crippen LogP contribution in [-0.4, -0.2) is 30.3 Å². The molecule has 2 aliphatic rings. The summed E-state index contributed by atoms with van der Waals surface area (Å²) in [6.07, 6.45) is 6.30. The number of rotatable bonds is 4. The number of carbonyl (C=O) groups is 1. The fourth-order valence-electron chi connectivity index (χ4n) is 3.77. The summed E-state index contributed by atoms with van der Waals surface area (Å²) in [5, 5.41) is 0. The van der Waals surface area contributed by atoms with E-state index in [9.17, 15) is 4.79 Å². The molecule has 2 bridgehead atoms. The van der Waals surface area contributed by atoms with E-state index >= 15 is 0 Å². The van der Waals surface area contributed by atoms with Crippen molar-refractivity contribution < 1.29 is 4.79 Å². The Bertz CT molecular complexity index is 465. The van der Waals surface area contributed by atoms with Crippen LogP contribution < -0.4 is 0 Å². The maximum atomic E-state index is 12.2. The zero-order valence-electron chi connectivity index (χ0n) is 12.5. The molecule has 0 amide bonds. The number of aryl methyl sites for hydroxylation is 1. The highest BCUT2D eigenvalue weighted by molar-refractivity contribution is 5.96. The number of hydrogen-bond donors (Lipinski definition) is 0. The molecule has 0 aromatic heterocycles. The maximum absolute atomic E-state index is 12.2. The maximum Gasteiger partial charge on any atom is 0.164 e. The molecule has 1 aromatic rings. The molecule has 2 nitrogen and oxygen atoms in total. The zero-order chi connectivity index (χ0) is 13.9. The smallest absolute Gasteiger partial charge is 0.164 e. The molecular formula is C18H25NO. The van der Waals surface area contributed by atoms with E-state index in [1.54, 1.807) is 0 Å². The first-order valence-electron chi connectivity index (χ1n) is 8.03. The average molecular weight is 271 g/mol. The van der Waals surface area contributed by atoms with E-state index in [-0.39, 0.29) is 0 Å². The molecule has 1 saturated carbocycles.